The molecule has 2 aliphatic heterocycles. The lowest BCUT2D eigenvalue weighted by Gasteiger charge is -2.23. The lowest BCUT2D eigenvalue weighted by Crippen LogP contribution is -2.14. The van der Waals surface area contributed by atoms with Crippen molar-refractivity contribution in [3.8, 4) is 17.2 Å². The number of aromatic nitrogens is 2. The highest BCUT2D eigenvalue weighted by Crippen LogP contribution is 2.90. The first-order chi connectivity index (χ1) is 19.5. The van der Waals surface area contributed by atoms with Crippen molar-refractivity contribution >= 4 is 15.9 Å². The molecule has 2 unspecified atom stereocenters. The summed E-state index contributed by atoms with van der Waals surface area (Å²) in [7, 11) is -7.42. The van der Waals surface area contributed by atoms with Gasteiger partial charge in [0.1, 0.15) is 30.2 Å². The van der Waals surface area contributed by atoms with Gasteiger partial charge < -0.3 is 9.15 Å². The summed E-state index contributed by atoms with van der Waals surface area (Å²) >= 11 is 0. The number of rotatable bonds is 10. The Morgan fingerprint density at radius 2 is 1.49 bits per heavy atom. The predicted molar refractivity (Wildman–Crippen MR) is 153 cm³/mol. The fraction of sp³-hybridized carbons (Fsp3) is 0.500. The van der Waals surface area contributed by atoms with Gasteiger partial charge in [-0.25, -0.2) is 9.37 Å². The number of oxazole rings is 1. The van der Waals surface area contributed by atoms with E-state index in [0.717, 1.165) is 23.4 Å². The van der Waals surface area contributed by atoms with E-state index in [2.05, 4.69) is 9.97 Å². The molecule has 13 heteroatoms. The lowest BCUT2D eigenvalue weighted by molar-refractivity contribution is 0.187. The average molecular weight is 611 g/mol. The van der Waals surface area contributed by atoms with Crippen LogP contribution in [0.2, 0.25) is 0 Å². The van der Waals surface area contributed by atoms with Crippen LogP contribution in [0, 0.1) is 12.7 Å². The maximum absolute atomic E-state index is 14.8. The summed E-state index contributed by atoms with van der Waals surface area (Å²) in [5.41, 5.74) is 2.08. The van der Waals surface area contributed by atoms with Crippen molar-refractivity contribution in [1.29, 1.82) is 0 Å². The number of pyridine rings is 1. The highest BCUT2D eigenvalue weighted by molar-refractivity contribution is 7.78. The molecule has 3 aromatic rings. The summed E-state index contributed by atoms with van der Waals surface area (Å²) in [6, 6.07) is 7.85. The van der Waals surface area contributed by atoms with Gasteiger partial charge in [-0.1, -0.05) is 0 Å². The number of benzene rings is 1. The summed E-state index contributed by atoms with van der Waals surface area (Å²) in [5.74, 6) is 0.730. The highest BCUT2D eigenvalue weighted by Gasteiger charge is 2.78. The van der Waals surface area contributed by atoms with E-state index in [-0.39, 0.29) is 12.4 Å². The molecule has 2 saturated heterocycles. The van der Waals surface area contributed by atoms with E-state index in [4.69, 9.17) is 27.2 Å². The molecule has 0 aliphatic carbocycles. The first-order valence-corrected chi connectivity index (χ1v) is 17.0. The Hall–Kier alpha value is -2.07. The third kappa shape index (κ3) is 6.48. The number of unbranched alkanes of at least 4 members (excludes halogenated alkanes) is 1. The van der Waals surface area contributed by atoms with Crippen molar-refractivity contribution < 1.29 is 41.4 Å². The van der Waals surface area contributed by atoms with Gasteiger partial charge in [0, 0.05) is 18.0 Å². The van der Waals surface area contributed by atoms with E-state index in [1.165, 1.54) is 18.2 Å². The zero-order chi connectivity index (χ0) is 29.4. The molecule has 0 saturated carbocycles. The van der Waals surface area contributed by atoms with Crippen molar-refractivity contribution in [2.24, 2.45) is 0 Å². The standard InChI is InChI=1S/C28H37FN2O8P2/c1-17-18(2)37-40(32,36-17)28(41(33)38-19(3)20(4)39-41)23-9-10-24(29)26(16-23)34-15-7-6-8-25-21(5)35-27(31-25)22-11-13-30-14-12-22/h9-14,16-20,28,32-33H,6-8,15H2,1-5H3/q+2/t17-,18+,19-,20+,28?,40?,41?. The van der Waals surface area contributed by atoms with Gasteiger partial charge >= 0.3 is 21.3 Å². The highest BCUT2D eigenvalue weighted by atomic mass is 31.3. The average Bonchev–Trinajstić information content (AvgIpc) is 3.52. The Balaban J connectivity index is 1.27. The maximum Gasteiger partial charge on any atom is 0.465 e. The van der Waals surface area contributed by atoms with Crippen molar-refractivity contribution in [1.82, 2.24) is 9.97 Å². The lowest BCUT2D eigenvalue weighted by atomic mass is 10.2. The molecule has 2 aromatic heterocycles. The smallest absolute Gasteiger partial charge is 0.465 e. The maximum atomic E-state index is 14.8. The molecule has 0 amide bonds. The van der Waals surface area contributed by atoms with Crippen LogP contribution in [0.3, 0.4) is 0 Å². The topological polar surface area (TPSA) is 126 Å². The molecule has 0 bridgehead atoms. The Morgan fingerprint density at radius 1 is 0.902 bits per heavy atom. The van der Waals surface area contributed by atoms with Gasteiger partial charge in [-0.3, -0.25) is 4.98 Å². The molecule has 6 atom stereocenters. The van der Waals surface area contributed by atoms with Crippen molar-refractivity contribution in [2.75, 3.05) is 6.61 Å². The Labute approximate surface area is 240 Å². The largest absolute Gasteiger partial charge is 0.491 e. The summed E-state index contributed by atoms with van der Waals surface area (Å²) < 4.78 is 50.0. The van der Waals surface area contributed by atoms with E-state index in [9.17, 15) is 14.2 Å². The third-order valence-electron chi connectivity index (χ3n) is 7.35. The molecule has 4 heterocycles. The van der Waals surface area contributed by atoms with Crippen LogP contribution in [0.5, 0.6) is 5.75 Å². The van der Waals surface area contributed by atoms with Crippen molar-refractivity contribution in [3.05, 3.63) is 65.6 Å². The number of nitrogens with zero attached hydrogens (tertiary/aromatic N) is 2. The minimum absolute atomic E-state index is 0.0103. The molecule has 41 heavy (non-hydrogen) atoms. The van der Waals surface area contributed by atoms with Crippen molar-refractivity contribution in [2.45, 2.75) is 83.7 Å². The number of hydrogen-bond donors (Lipinski definition) is 2. The zero-order valence-corrected chi connectivity index (χ0v) is 25.6. The number of halogens is 1. The molecular formula is C28H37FN2O8P2+2. The summed E-state index contributed by atoms with van der Waals surface area (Å²) in [6.07, 6.45) is 3.80. The van der Waals surface area contributed by atoms with Gasteiger partial charge in [0.2, 0.25) is 5.89 Å². The van der Waals surface area contributed by atoms with Gasteiger partial charge in [-0.05, 0) is 84.2 Å². The van der Waals surface area contributed by atoms with Gasteiger partial charge in [-0.15, -0.1) is 0 Å². The normalized spacial score (nSPS) is 30.5. The van der Waals surface area contributed by atoms with Gasteiger partial charge in [0.15, 0.2) is 11.6 Å². The van der Waals surface area contributed by atoms with Crippen LogP contribution in [0.4, 0.5) is 4.39 Å². The number of hydrogen-bond acceptors (Lipinski definition) is 10. The molecule has 0 radical (unpaired) electrons. The Bertz CT molecular complexity index is 1300. The van der Waals surface area contributed by atoms with Crippen LogP contribution in [-0.4, -0.2) is 50.8 Å². The van der Waals surface area contributed by atoms with Gasteiger partial charge in [0.05, 0.1) is 17.9 Å². The monoisotopic (exact) mass is 610 g/mol. The van der Waals surface area contributed by atoms with Crippen LogP contribution in [0.25, 0.3) is 11.5 Å². The summed E-state index contributed by atoms with van der Waals surface area (Å²) in [6.45, 7) is 9.26. The van der Waals surface area contributed by atoms with Gasteiger partial charge in [-0.2, -0.15) is 27.9 Å². The van der Waals surface area contributed by atoms with E-state index in [1.807, 2.05) is 19.1 Å². The van der Waals surface area contributed by atoms with Crippen LogP contribution in [0.1, 0.15) is 63.0 Å². The second-order valence-electron chi connectivity index (χ2n) is 10.5. The number of aryl methyl sites for hydroxylation is 2. The fourth-order valence-corrected chi connectivity index (χ4v) is 11.1. The van der Waals surface area contributed by atoms with Crippen LogP contribution < -0.4 is 4.74 Å². The first-order valence-electron chi connectivity index (χ1n) is 13.7. The van der Waals surface area contributed by atoms with Crippen LogP contribution >= 0.6 is 15.9 Å². The SMILES string of the molecule is Cc1oc(-c2ccncc2)nc1CCCCOc1cc(C([P+]2(O)O[C@@H](C)[C@@H](C)O2)[P+]2(O)O[C@@H](C)[C@@H](C)O2)ccc1F. The molecule has 1 aromatic carbocycles. The Kier molecular flexibility index (Phi) is 9.09. The van der Waals surface area contributed by atoms with E-state index in [0.29, 0.717) is 24.3 Å². The zero-order valence-electron chi connectivity index (χ0n) is 23.8. The molecule has 0 spiro atoms. The summed E-state index contributed by atoms with van der Waals surface area (Å²) in [5, 5.41) is -1.16. The second-order valence-corrected chi connectivity index (χ2v) is 15.0. The van der Waals surface area contributed by atoms with E-state index < -0.39 is 51.5 Å². The van der Waals surface area contributed by atoms with Crippen LogP contribution in [-0.2, 0) is 24.5 Å². The Morgan fingerprint density at radius 3 is 2.07 bits per heavy atom. The number of ether oxygens (including phenoxy) is 1. The molecule has 2 fully saturated rings. The fourth-order valence-electron chi connectivity index (χ4n) is 4.78. The van der Waals surface area contributed by atoms with Crippen LogP contribution in [0.15, 0.2) is 47.1 Å². The minimum Gasteiger partial charge on any atom is -0.491 e. The quantitative estimate of drug-likeness (QED) is 0.188. The van der Waals surface area contributed by atoms with E-state index in [1.54, 1.807) is 40.1 Å². The van der Waals surface area contributed by atoms with Gasteiger partial charge in [0.25, 0.3) is 0 Å². The second kappa shape index (κ2) is 12.3. The summed E-state index contributed by atoms with van der Waals surface area (Å²) in [4.78, 5) is 31.8. The molecular weight excluding hydrogens is 573 g/mol. The van der Waals surface area contributed by atoms with E-state index >= 15 is 0 Å². The molecule has 10 nitrogen and oxygen atoms in total. The molecule has 222 valence electrons. The predicted octanol–water partition coefficient (Wildman–Crippen LogP) is 6.74. The first kappa shape index (κ1) is 30.4. The van der Waals surface area contributed by atoms with Crippen molar-refractivity contribution in [3.63, 3.8) is 0 Å². The minimum atomic E-state index is -3.71. The molecule has 5 rings (SSSR count). The molecule has 2 aliphatic rings. The molecule has 2 N–H and O–H groups in total. The third-order valence-corrected chi connectivity index (χ3v) is 13.5.